The van der Waals surface area contributed by atoms with Crippen LogP contribution >= 0.6 is 11.3 Å². The Morgan fingerprint density at radius 2 is 2.13 bits per heavy atom. The average Bonchev–Trinajstić information content (AvgIpc) is 2.96. The SMILES string of the molecule is Cc1csc(CN(C)C(=O)NCC(CCO)c2ccccc2)n1. The molecule has 1 heterocycles. The maximum absolute atomic E-state index is 12.2. The van der Waals surface area contributed by atoms with Crippen molar-refractivity contribution in [1.82, 2.24) is 15.2 Å². The number of nitrogens with zero attached hydrogens (tertiary/aromatic N) is 2. The van der Waals surface area contributed by atoms with E-state index in [0.717, 1.165) is 16.3 Å². The van der Waals surface area contributed by atoms with Gasteiger partial charge >= 0.3 is 6.03 Å². The summed E-state index contributed by atoms with van der Waals surface area (Å²) in [7, 11) is 1.76. The van der Waals surface area contributed by atoms with Crippen molar-refractivity contribution in [2.45, 2.75) is 25.8 Å². The van der Waals surface area contributed by atoms with Gasteiger partial charge in [-0.05, 0) is 18.9 Å². The summed E-state index contributed by atoms with van der Waals surface area (Å²) < 4.78 is 0. The van der Waals surface area contributed by atoms with Gasteiger partial charge in [0.2, 0.25) is 0 Å². The predicted molar refractivity (Wildman–Crippen MR) is 92.6 cm³/mol. The van der Waals surface area contributed by atoms with Crippen LogP contribution in [-0.2, 0) is 6.54 Å². The number of benzene rings is 1. The third-order valence-corrected chi connectivity index (χ3v) is 4.59. The van der Waals surface area contributed by atoms with Crippen LogP contribution in [0.2, 0.25) is 0 Å². The van der Waals surface area contributed by atoms with Crippen molar-refractivity contribution < 1.29 is 9.90 Å². The number of amides is 2. The van der Waals surface area contributed by atoms with Gasteiger partial charge in [0.25, 0.3) is 0 Å². The molecule has 1 atom stereocenters. The van der Waals surface area contributed by atoms with Gasteiger partial charge in [-0.3, -0.25) is 0 Å². The highest BCUT2D eigenvalue weighted by Crippen LogP contribution is 2.18. The van der Waals surface area contributed by atoms with E-state index in [0.29, 0.717) is 19.5 Å². The van der Waals surface area contributed by atoms with Crippen LogP contribution in [0.4, 0.5) is 4.79 Å². The van der Waals surface area contributed by atoms with E-state index in [-0.39, 0.29) is 18.6 Å². The summed E-state index contributed by atoms with van der Waals surface area (Å²) in [5, 5.41) is 15.1. The molecule has 2 rings (SSSR count). The molecule has 0 aliphatic rings. The maximum atomic E-state index is 12.2. The van der Waals surface area contributed by atoms with Crippen LogP contribution in [0.1, 0.15) is 28.6 Å². The average molecular weight is 333 g/mol. The van der Waals surface area contributed by atoms with Gasteiger partial charge in [-0.15, -0.1) is 11.3 Å². The Morgan fingerprint density at radius 1 is 1.39 bits per heavy atom. The first-order chi connectivity index (χ1) is 11.1. The zero-order valence-corrected chi connectivity index (χ0v) is 14.3. The summed E-state index contributed by atoms with van der Waals surface area (Å²) in [5.41, 5.74) is 2.10. The molecule has 0 radical (unpaired) electrons. The molecule has 0 spiro atoms. The number of urea groups is 1. The number of aromatic nitrogens is 1. The Hall–Kier alpha value is -1.92. The first-order valence-electron chi connectivity index (χ1n) is 7.66. The molecule has 124 valence electrons. The van der Waals surface area contributed by atoms with Crippen molar-refractivity contribution in [2.24, 2.45) is 0 Å². The minimum atomic E-state index is -0.128. The molecule has 1 unspecified atom stereocenters. The fourth-order valence-corrected chi connectivity index (χ4v) is 3.19. The monoisotopic (exact) mass is 333 g/mol. The van der Waals surface area contributed by atoms with E-state index in [4.69, 9.17) is 0 Å². The van der Waals surface area contributed by atoms with Gasteiger partial charge in [-0.2, -0.15) is 0 Å². The molecule has 23 heavy (non-hydrogen) atoms. The van der Waals surface area contributed by atoms with E-state index in [9.17, 15) is 9.90 Å². The molecular weight excluding hydrogens is 310 g/mol. The van der Waals surface area contributed by atoms with Crippen molar-refractivity contribution in [3.8, 4) is 0 Å². The number of hydrogen-bond donors (Lipinski definition) is 2. The normalized spacial score (nSPS) is 12.0. The standard InChI is InChI=1S/C17H23N3O2S/c1-13-12-23-16(19-13)11-20(2)17(22)18-10-15(8-9-21)14-6-4-3-5-7-14/h3-7,12,15,21H,8-11H2,1-2H3,(H,18,22). The molecule has 1 aromatic heterocycles. The second-order valence-electron chi connectivity index (χ2n) is 5.54. The highest BCUT2D eigenvalue weighted by Gasteiger charge is 2.15. The number of aliphatic hydroxyl groups excluding tert-OH is 1. The lowest BCUT2D eigenvalue weighted by Gasteiger charge is -2.21. The quantitative estimate of drug-likeness (QED) is 0.819. The number of aryl methyl sites for hydroxylation is 1. The third-order valence-electron chi connectivity index (χ3n) is 3.63. The lowest BCUT2D eigenvalue weighted by atomic mass is 9.96. The summed E-state index contributed by atoms with van der Waals surface area (Å²) >= 11 is 1.56. The highest BCUT2D eigenvalue weighted by atomic mass is 32.1. The summed E-state index contributed by atoms with van der Waals surface area (Å²) in [6.07, 6.45) is 0.625. The van der Waals surface area contributed by atoms with E-state index < -0.39 is 0 Å². The Balaban J connectivity index is 1.88. The first kappa shape index (κ1) is 17.4. The molecule has 6 heteroatoms. The Kier molecular flexibility index (Phi) is 6.55. The van der Waals surface area contributed by atoms with Crippen molar-refractivity contribution in [3.05, 3.63) is 52.0 Å². The topological polar surface area (TPSA) is 65.5 Å². The molecule has 0 bridgehead atoms. The minimum Gasteiger partial charge on any atom is -0.396 e. The molecule has 0 aliphatic carbocycles. The lowest BCUT2D eigenvalue weighted by Crippen LogP contribution is -2.39. The summed E-state index contributed by atoms with van der Waals surface area (Å²) in [5.74, 6) is 0.112. The van der Waals surface area contributed by atoms with Crippen LogP contribution in [0.3, 0.4) is 0 Å². The zero-order chi connectivity index (χ0) is 16.7. The van der Waals surface area contributed by atoms with Gasteiger partial charge in [-0.25, -0.2) is 9.78 Å². The fraction of sp³-hybridized carbons (Fsp3) is 0.412. The van der Waals surface area contributed by atoms with E-state index >= 15 is 0 Å². The van der Waals surface area contributed by atoms with Crippen molar-refractivity contribution >= 4 is 17.4 Å². The number of carbonyl (C=O) groups excluding carboxylic acids is 1. The van der Waals surface area contributed by atoms with E-state index in [1.54, 1.807) is 23.3 Å². The van der Waals surface area contributed by atoms with Crippen LogP contribution in [-0.4, -0.2) is 41.2 Å². The number of thiazole rings is 1. The smallest absolute Gasteiger partial charge is 0.317 e. The van der Waals surface area contributed by atoms with Gasteiger partial charge in [0.05, 0.1) is 6.54 Å². The molecule has 2 amide bonds. The third kappa shape index (κ3) is 5.33. The zero-order valence-electron chi connectivity index (χ0n) is 13.5. The largest absolute Gasteiger partial charge is 0.396 e. The Morgan fingerprint density at radius 3 is 2.74 bits per heavy atom. The maximum Gasteiger partial charge on any atom is 0.317 e. The van der Waals surface area contributed by atoms with Crippen LogP contribution < -0.4 is 5.32 Å². The fourth-order valence-electron chi connectivity index (χ4n) is 2.36. The van der Waals surface area contributed by atoms with Crippen molar-refractivity contribution in [2.75, 3.05) is 20.2 Å². The van der Waals surface area contributed by atoms with Crippen molar-refractivity contribution in [3.63, 3.8) is 0 Å². The molecule has 0 saturated carbocycles. The number of hydrogen-bond acceptors (Lipinski definition) is 4. The number of nitrogens with one attached hydrogen (secondary N) is 1. The highest BCUT2D eigenvalue weighted by molar-refractivity contribution is 7.09. The Labute approximate surface area is 141 Å². The second-order valence-corrected chi connectivity index (χ2v) is 6.49. The van der Waals surface area contributed by atoms with Crippen molar-refractivity contribution in [1.29, 1.82) is 0 Å². The molecule has 0 saturated heterocycles. The van der Waals surface area contributed by atoms with Crippen LogP contribution in [0.5, 0.6) is 0 Å². The molecule has 0 aliphatic heterocycles. The van der Waals surface area contributed by atoms with Crippen LogP contribution in [0.15, 0.2) is 35.7 Å². The summed E-state index contributed by atoms with van der Waals surface area (Å²) in [4.78, 5) is 18.2. The van der Waals surface area contributed by atoms with Gasteiger partial charge in [-0.1, -0.05) is 30.3 Å². The van der Waals surface area contributed by atoms with Gasteiger partial charge in [0.1, 0.15) is 5.01 Å². The summed E-state index contributed by atoms with van der Waals surface area (Å²) in [6.45, 7) is 3.05. The molecule has 2 aromatic rings. The number of rotatable bonds is 7. The second kappa shape index (κ2) is 8.64. The number of carbonyl (C=O) groups is 1. The van der Waals surface area contributed by atoms with Gasteiger partial charge < -0.3 is 15.3 Å². The van der Waals surface area contributed by atoms with E-state index in [1.165, 1.54) is 0 Å². The molecule has 0 fully saturated rings. The van der Waals surface area contributed by atoms with Gasteiger partial charge in [0, 0.05) is 37.2 Å². The molecule has 5 nitrogen and oxygen atoms in total. The number of aliphatic hydroxyl groups is 1. The van der Waals surface area contributed by atoms with E-state index in [1.807, 2.05) is 42.6 Å². The minimum absolute atomic E-state index is 0.101. The summed E-state index contributed by atoms with van der Waals surface area (Å²) in [6, 6.07) is 9.82. The van der Waals surface area contributed by atoms with Crippen LogP contribution in [0, 0.1) is 6.92 Å². The Bertz CT molecular complexity index is 615. The predicted octanol–water partition coefficient (Wildman–Crippen LogP) is 2.76. The first-order valence-corrected chi connectivity index (χ1v) is 8.54. The molecular formula is C17H23N3O2S. The van der Waals surface area contributed by atoms with Crippen LogP contribution in [0.25, 0.3) is 0 Å². The van der Waals surface area contributed by atoms with E-state index in [2.05, 4.69) is 10.3 Å². The molecule has 2 N–H and O–H groups in total. The lowest BCUT2D eigenvalue weighted by molar-refractivity contribution is 0.204. The molecule has 1 aromatic carbocycles. The van der Waals surface area contributed by atoms with Gasteiger partial charge in [0.15, 0.2) is 0 Å².